The minimum atomic E-state index is -0.332. The summed E-state index contributed by atoms with van der Waals surface area (Å²) in [5, 5.41) is 0. The fourth-order valence-electron chi connectivity index (χ4n) is 2.94. The summed E-state index contributed by atoms with van der Waals surface area (Å²) in [4.78, 5) is 29.6. The fraction of sp³-hybridized carbons (Fsp3) is 0.550. The van der Waals surface area contributed by atoms with E-state index in [0.29, 0.717) is 23.9 Å². The highest BCUT2D eigenvalue weighted by Gasteiger charge is 2.23. The van der Waals surface area contributed by atoms with Crippen molar-refractivity contribution in [3.05, 3.63) is 36.2 Å². The number of carbonyl (C=O) groups excluding carboxylic acids is 1. The molecule has 1 saturated carbocycles. The van der Waals surface area contributed by atoms with Crippen molar-refractivity contribution in [2.75, 3.05) is 13.7 Å². The molecule has 2 heterocycles. The summed E-state index contributed by atoms with van der Waals surface area (Å²) < 4.78 is 13.0. The first-order valence-corrected chi connectivity index (χ1v) is 9.48. The highest BCUT2D eigenvalue weighted by atomic mass is 16.5. The zero-order valence-electron chi connectivity index (χ0n) is 16.9. The van der Waals surface area contributed by atoms with Crippen LogP contribution in [-0.4, -0.2) is 56.6 Å². The number of amides is 1. The van der Waals surface area contributed by atoms with Crippen LogP contribution in [0.3, 0.4) is 0 Å². The van der Waals surface area contributed by atoms with Gasteiger partial charge in [-0.1, -0.05) is 0 Å². The molecule has 0 atom stereocenters. The molecular weight excluding hydrogens is 358 g/mol. The number of aromatic nitrogens is 4. The van der Waals surface area contributed by atoms with Crippen LogP contribution in [0.15, 0.2) is 29.8 Å². The molecular formula is C20H27N5O3. The molecule has 0 N–H and O–H groups in total. The van der Waals surface area contributed by atoms with Crippen molar-refractivity contribution in [3.63, 3.8) is 0 Å². The van der Waals surface area contributed by atoms with Crippen LogP contribution in [0.5, 0.6) is 0 Å². The Morgan fingerprint density at radius 1 is 1.32 bits per heavy atom. The van der Waals surface area contributed by atoms with Gasteiger partial charge in [0.1, 0.15) is 12.0 Å². The molecule has 8 nitrogen and oxygen atoms in total. The van der Waals surface area contributed by atoms with Crippen LogP contribution in [0.25, 0.3) is 5.95 Å². The van der Waals surface area contributed by atoms with Gasteiger partial charge in [-0.3, -0.25) is 9.36 Å². The van der Waals surface area contributed by atoms with E-state index in [1.165, 1.54) is 0 Å². The highest BCUT2D eigenvalue weighted by molar-refractivity contribution is 6.03. The van der Waals surface area contributed by atoms with Crippen LogP contribution in [0, 0.1) is 6.92 Å². The maximum atomic E-state index is 12.6. The van der Waals surface area contributed by atoms with Gasteiger partial charge >= 0.3 is 0 Å². The van der Waals surface area contributed by atoms with E-state index in [9.17, 15) is 4.79 Å². The number of hydrogen-bond donors (Lipinski definition) is 0. The zero-order valence-corrected chi connectivity index (χ0v) is 16.9. The van der Waals surface area contributed by atoms with Crippen LogP contribution in [0.1, 0.15) is 55.7 Å². The van der Waals surface area contributed by atoms with Crippen LogP contribution in [-0.2, 0) is 9.47 Å². The first kappa shape index (κ1) is 20.3. The summed E-state index contributed by atoms with van der Waals surface area (Å²) >= 11 is 0. The Labute approximate surface area is 165 Å². The Balaban J connectivity index is 1.61. The quantitative estimate of drug-likeness (QED) is 0.759. The molecule has 0 aliphatic heterocycles. The minimum absolute atomic E-state index is 0.178. The first-order chi connectivity index (χ1) is 13.4. The highest BCUT2D eigenvalue weighted by Crippen LogP contribution is 2.21. The van der Waals surface area contributed by atoms with Gasteiger partial charge in [-0.2, -0.15) is 0 Å². The molecule has 8 heteroatoms. The SMILES string of the molecule is COC(C)(C)COC1CCC(=NC(=O)c2cc(C)nc(-n3ccnc3)n2)CC1. The summed E-state index contributed by atoms with van der Waals surface area (Å²) in [6.07, 6.45) is 8.37. The smallest absolute Gasteiger partial charge is 0.295 e. The number of aliphatic imine (C=N–C) groups is 1. The third-order valence-electron chi connectivity index (χ3n) is 4.79. The second-order valence-electron chi connectivity index (χ2n) is 7.62. The molecule has 0 radical (unpaired) electrons. The molecule has 0 aromatic carbocycles. The average molecular weight is 385 g/mol. The van der Waals surface area contributed by atoms with Crippen molar-refractivity contribution in [3.8, 4) is 5.95 Å². The average Bonchev–Trinajstić information content (AvgIpc) is 3.22. The van der Waals surface area contributed by atoms with Crippen molar-refractivity contribution in [2.45, 2.75) is 58.2 Å². The maximum Gasteiger partial charge on any atom is 0.295 e. The van der Waals surface area contributed by atoms with Crippen molar-refractivity contribution in [1.82, 2.24) is 19.5 Å². The molecule has 28 heavy (non-hydrogen) atoms. The summed E-state index contributed by atoms with van der Waals surface area (Å²) in [5.74, 6) is 0.0839. The lowest BCUT2D eigenvalue weighted by Crippen LogP contribution is -2.33. The molecule has 0 bridgehead atoms. The number of imidazole rings is 1. The largest absolute Gasteiger partial charge is 0.376 e. The molecule has 2 aromatic heterocycles. The van der Waals surface area contributed by atoms with Gasteiger partial charge in [0, 0.05) is 30.9 Å². The number of methoxy groups -OCH3 is 1. The van der Waals surface area contributed by atoms with E-state index in [1.54, 1.807) is 36.5 Å². The maximum absolute atomic E-state index is 12.6. The number of carbonyl (C=O) groups is 1. The Kier molecular flexibility index (Phi) is 6.31. The van der Waals surface area contributed by atoms with E-state index in [4.69, 9.17) is 9.47 Å². The molecule has 0 unspecified atom stereocenters. The first-order valence-electron chi connectivity index (χ1n) is 9.48. The number of aryl methyl sites for hydroxylation is 1. The van der Waals surface area contributed by atoms with Crippen molar-refractivity contribution < 1.29 is 14.3 Å². The number of ether oxygens (including phenoxy) is 2. The van der Waals surface area contributed by atoms with Crippen molar-refractivity contribution in [1.29, 1.82) is 0 Å². The summed E-state index contributed by atoms with van der Waals surface area (Å²) in [6, 6.07) is 1.66. The predicted octanol–water partition coefficient (Wildman–Crippen LogP) is 2.94. The summed E-state index contributed by atoms with van der Waals surface area (Å²) in [7, 11) is 1.69. The molecule has 1 aliphatic carbocycles. The van der Waals surface area contributed by atoms with Crippen LogP contribution in [0.4, 0.5) is 0 Å². The summed E-state index contributed by atoms with van der Waals surface area (Å²) in [6.45, 7) is 6.39. The lowest BCUT2D eigenvalue weighted by Gasteiger charge is -2.28. The molecule has 0 saturated heterocycles. The predicted molar refractivity (Wildman–Crippen MR) is 105 cm³/mol. The number of hydrogen-bond acceptors (Lipinski definition) is 6. The van der Waals surface area contributed by atoms with Crippen molar-refractivity contribution >= 4 is 11.6 Å². The van der Waals surface area contributed by atoms with E-state index in [-0.39, 0.29) is 17.6 Å². The van der Waals surface area contributed by atoms with Crippen LogP contribution < -0.4 is 0 Å². The van der Waals surface area contributed by atoms with Gasteiger partial charge < -0.3 is 9.47 Å². The van der Waals surface area contributed by atoms with Gasteiger partial charge in [-0.05, 0) is 52.5 Å². The molecule has 1 amide bonds. The lowest BCUT2D eigenvalue weighted by atomic mass is 9.95. The van der Waals surface area contributed by atoms with E-state index in [2.05, 4.69) is 19.9 Å². The topological polar surface area (TPSA) is 91.5 Å². The molecule has 1 aliphatic rings. The van der Waals surface area contributed by atoms with Gasteiger partial charge in [-0.15, -0.1) is 0 Å². The Morgan fingerprint density at radius 2 is 2.07 bits per heavy atom. The van der Waals surface area contributed by atoms with Crippen LogP contribution >= 0.6 is 0 Å². The lowest BCUT2D eigenvalue weighted by molar-refractivity contribution is -0.0787. The Bertz CT molecular complexity index is 836. The van der Waals surface area contributed by atoms with Gasteiger partial charge in [0.25, 0.3) is 5.91 Å². The molecule has 150 valence electrons. The molecule has 0 spiro atoms. The third-order valence-corrected chi connectivity index (χ3v) is 4.79. The van der Waals surface area contributed by atoms with Gasteiger partial charge in [0.15, 0.2) is 0 Å². The van der Waals surface area contributed by atoms with E-state index in [0.717, 1.165) is 31.4 Å². The summed E-state index contributed by atoms with van der Waals surface area (Å²) in [5.41, 5.74) is 1.61. The number of rotatable bonds is 6. The van der Waals surface area contributed by atoms with Gasteiger partial charge in [-0.25, -0.2) is 19.9 Å². The third kappa shape index (κ3) is 5.30. The van der Waals surface area contributed by atoms with E-state index < -0.39 is 0 Å². The van der Waals surface area contributed by atoms with E-state index in [1.807, 2.05) is 20.8 Å². The zero-order chi connectivity index (χ0) is 20.1. The van der Waals surface area contributed by atoms with E-state index >= 15 is 0 Å². The minimum Gasteiger partial charge on any atom is -0.376 e. The monoisotopic (exact) mass is 385 g/mol. The standard InChI is InChI=1S/C20H27N5O3/c1-14-11-17(24-19(22-14)25-10-9-21-13-25)18(26)23-15-5-7-16(8-6-15)28-12-20(2,3)27-4/h9-11,13,16H,5-8,12H2,1-4H3. The van der Waals surface area contributed by atoms with Crippen LogP contribution in [0.2, 0.25) is 0 Å². The van der Waals surface area contributed by atoms with Gasteiger partial charge in [0.2, 0.25) is 5.95 Å². The molecule has 2 aromatic rings. The Hall–Kier alpha value is -2.45. The Morgan fingerprint density at radius 3 is 2.71 bits per heavy atom. The second-order valence-corrected chi connectivity index (χ2v) is 7.62. The normalized spacial score (nSPS) is 17.6. The molecule has 1 fully saturated rings. The number of nitrogens with zero attached hydrogens (tertiary/aromatic N) is 5. The van der Waals surface area contributed by atoms with Gasteiger partial charge in [0.05, 0.1) is 18.3 Å². The second kappa shape index (κ2) is 8.70. The van der Waals surface area contributed by atoms with Crippen molar-refractivity contribution in [2.24, 2.45) is 4.99 Å². The fourth-order valence-corrected chi connectivity index (χ4v) is 2.94. The molecule has 3 rings (SSSR count).